The van der Waals surface area contributed by atoms with Gasteiger partial charge in [-0.2, -0.15) is 0 Å². The van der Waals surface area contributed by atoms with Crippen LogP contribution in [0.5, 0.6) is 11.5 Å². The highest BCUT2D eigenvalue weighted by atomic mass is 35.5. The molecule has 3 aromatic carbocycles. The highest BCUT2D eigenvalue weighted by Crippen LogP contribution is 2.54. The average Bonchev–Trinajstić information content (AvgIpc) is 3.56. The van der Waals surface area contributed by atoms with Gasteiger partial charge >= 0.3 is 0 Å². The van der Waals surface area contributed by atoms with Gasteiger partial charge in [0.15, 0.2) is 0 Å². The van der Waals surface area contributed by atoms with Crippen molar-refractivity contribution in [2.75, 3.05) is 13.1 Å². The van der Waals surface area contributed by atoms with Crippen LogP contribution in [0.4, 0.5) is 5.69 Å². The standard InChI is InChI=1S/C28H26ClN3O5/c1-18-23(15-20(29)16-24(18)32(35)36)26(33)30-25-17-28(25)11-13-31(14-12-28)27(34)19-7-9-22(10-8-19)37-21-5-3-2-4-6-21/h2-10,15-16,25H,11-14,17H2,1H3,(H,30,33). The second-order valence-corrected chi connectivity index (χ2v) is 10.1. The number of carbonyl (C=O) groups excluding carboxylic acids is 2. The Morgan fingerprint density at radius 2 is 1.70 bits per heavy atom. The third-order valence-electron chi connectivity index (χ3n) is 7.41. The molecular weight excluding hydrogens is 494 g/mol. The largest absolute Gasteiger partial charge is 0.457 e. The fourth-order valence-corrected chi connectivity index (χ4v) is 5.27. The number of nitro groups is 1. The molecule has 37 heavy (non-hydrogen) atoms. The summed E-state index contributed by atoms with van der Waals surface area (Å²) >= 11 is 6.02. The van der Waals surface area contributed by atoms with Gasteiger partial charge in [0.2, 0.25) is 0 Å². The quantitative estimate of drug-likeness (QED) is 0.329. The van der Waals surface area contributed by atoms with Crippen molar-refractivity contribution in [3.8, 4) is 11.5 Å². The SMILES string of the molecule is Cc1c(C(=O)NC2CC23CCN(C(=O)c2ccc(Oc4ccccc4)cc2)CC3)cc(Cl)cc1[N+](=O)[O-]. The van der Waals surface area contributed by atoms with Crippen LogP contribution >= 0.6 is 11.6 Å². The van der Waals surface area contributed by atoms with Gasteiger partial charge in [0.25, 0.3) is 17.5 Å². The van der Waals surface area contributed by atoms with Gasteiger partial charge in [0.05, 0.1) is 10.5 Å². The number of amides is 2. The maximum atomic E-state index is 13.0. The summed E-state index contributed by atoms with van der Waals surface area (Å²) < 4.78 is 5.80. The molecule has 3 aromatic rings. The molecule has 0 aromatic heterocycles. The Hall–Kier alpha value is -3.91. The zero-order chi connectivity index (χ0) is 26.2. The normalized spacial score (nSPS) is 17.8. The van der Waals surface area contributed by atoms with E-state index >= 15 is 0 Å². The van der Waals surface area contributed by atoms with Gasteiger partial charge in [-0.3, -0.25) is 19.7 Å². The molecule has 1 atom stereocenters. The third-order valence-corrected chi connectivity index (χ3v) is 7.63. The van der Waals surface area contributed by atoms with Gasteiger partial charge in [-0.25, -0.2) is 0 Å². The van der Waals surface area contributed by atoms with Gasteiger partial charge in [0, 0.05) is 41.3 Å². The lowest BCUT2D eigenvalue weighted by molar-refractivity contribution is -0.385. The summed E-state index contributed by atoms with van der Waals surface area (Å²) in [6.45, 7) is 2.76. The van der Waals surface area contributed by atoms with Crippen LogP contribution < -0.4 is 10.1 Å². The zero-order valence-corrected chi connectivity index (χ0v) is 21.0. The fourth-order valence-electron chi connectivity index (χ4n) is 5.06. The summed E-state index contributed by atoms with van der Waals surface area (Å²) in [6.07, 6.45) is 2.40. The van der Waals surface area contributed by atoms with E-state index in [9.17, 15) is 19.7 Å². The average molecular weight is 520 g/mol. The minimum Gasteiger partial charge on any atom is -0.457 e. The first-order chi connectivity index (χ1) is 17.8. The maximum absolute atomic E-state index is 13.0. The number of hydrogen-bond acceptors (Lipinski definition) is 5. The maximum Gasteiger partial charge on any atom is 0.274 e. The van der Waals surface area contributed by atoms with Crippen LogP contribution in [-0.2, 0) is 0 Å². The van der Waals surface area contributed by atoms with E-state index in [1.54, 1.807) is 31.2 Å². The molecule has 1 aliphatic heterocycles. The van der Waals surface area contributed by atoms with Crippen LogP contribution in [-0.4, -0.2) is 40.8 Å². The molecule has 0 radical (unpaired) electrons. The number of rotatable bonds is 6. The summed E-state index contributed by atoms with van der Waals surface area (Å²) in [4.78, 5) is 38.5. The second kappa shape index (κ2) is 9.86. The Morgan fingerprint density at radius 1 is 1.05 bits per heavy atom. The molecule has 1 saturated carbocycles. The molecule has 8 nitrogen and oxygen atoms in total. The summed E-state index contributed by atoms with van der Waals surface area (Å²) in [5.41, 5.74) is 0.901. The first-order valence-corrected chi connectivity index (χ1v) is 12.5. The molecule has 5 rings (SSSR count). The van der Waals surface area contributed by atoms with Crippen molar-refractivity contribution in [2.24, 2.45) is 5.41 Å². The van der Waals surface area contributed by atoms with Gasteiger partial charge < -0.3 is 15.0 Å². The monoisotopic (exact) mass is 519 g/mol. The van der Waals surface area contributed by atoms with E-state index in [-0.39, 0.29) is 39.5 Å². The van der Waals surface area contributed by atoms with E-state index in [0.717, 1.165) is 25.0 Å². The molecule has 2 aliphatic rings. The van der Waals surface area contributed by atoms with Crippen LogP contribution in [0.2, 0.25) is 5.02 Å². The van der Waals surface area contributed by atoms with Crippen LogP contribution in [0.15, 0.2) is 66.7 Å². The lowest BCUT2D eigenvalue weighted by atomic mass is 9.92. The predicted octanol–water partition coefficient (Wildman–Crippen LogP) is 5.77. The molecule has 1 spiro atoms. The van der Waals surface area contributed by atoms with Gasteiger partial charge in [-0.05, 0) is 74.1 Å². The summed E-state index contributed by atoms with van der Waals surface area (Å²) in [7, 11) is 0. The van der Waals surface area contributed by atoms with Crippen LogP contribution in [0, 0.1) is 22.5 Å². The number of hydrogen-bond donors (Lipinski definition) is 1. The first-order valence-electron chi connectivity index (χ1n) is 12.1. The lowest BCUT2D eigenvalue weighted by Gasteiger charge is -2.33. The lowest BCUT2D eigenvalue weighted by Crippen LogP contribution is -2.41. The Kier molecular flexibility index (Phi) is 6.60. The van der Waals surface area contributed by atoms with Crippen LogP contribution in [0.1, 0.15) is 45.5 Å². The number of halogens is 1. The van der Waals surface area contributed by atoms with E-state index in [1.165, 1.54) is 12.1 Å². The molecule has 1 aliphatic carbocycles. The number of benzene rings is 3. The third kappa shape index (κ3) is 5.15. The number of likely N-dealkylation sites (tertiary alicyclic amines) is 1. The minimum atomic E-state index is -0.535. The molecule has 1 saturated heterocycles. The van der Waals surface area contributed by atoms with Crippen LogP contribution in [0.25, 0.3) is 0 Å². The topological polar surface area (TPSA) is 102 Å². The van der Waals surface area contributed by atoms with Crippen molar-refractivity contribution in [3.63, 3.8) is 0 Å². The van der Waals surface area contributed by atoms with E-state index in [2.05, 4.69) is 5.32 Å². The number of nitrogens with zero attached hydrogens (tertiary/aromatic N) is 2. The van der Waals surface area contributed by atoms with Crippen molar-refractivity contribution >= 4 is 29.1 Å². The van der Waals surface area contributed by atoms with Crippen molar-refractivity contribution in [3.05, 3.63) is 98.6 Å². The van der Waals surface area contributed by atoms with Crippen molar-refractivity contribution < 1.29 is 19.2 Å². The first kappa shape index (κ1) is 24.8. The van der Waals surface area contributed by atoms with E-state index < -0.39 is 4.92 Å². The Bertz CT molecular complexity index is 1350. The molecule has 2 amide bonds. The van der Waals surface area contributed by atoms with Crippen molar-refractivity contribution in [1.82, 2.24) is 10.2 Å². The number of nitro benzene ring substituents is 1. The number of piperidine rings is 1. The highest BCUT2D eigenvalue weighted by Gasteiger charge is 2.56. The Morgan fingerprint density at radius 3 is 2.35 bits per heavy atom. The molecule has 0 bridgehead atoms. The molecule has 2 fully saturated rings. The van der Waals surface area contributed by atoms with Gasteiger partial charge in [0.1, 0.15) is 11.5 Å². The minimum absolute atomic E-state index is 0.0239. The number of ether oxygens (including phenoxy) is 1. The molecular formula is C28H26ClN3O5. The number of para-hydroxylation sites is 1. The smallest absolute Gasteiger partial charge is 0.274 e. The molecule has 1 N–H and O–H groups in total. The van der Waals surface area contributed by atoms with E-state index in [1.807, 2.05) is 35.2 Å². The summed E-state index contributed by atoms with van der Waals surface area (Å²) in [5.74, 6) is 1.01. The van der Waals surface area contributed by atoms with E-state index in [0.29, 0.717) is 30.0 Å². The molecule has 190 valence electrons. The van der Waals surface area contributed by atoms with E-state index in [4.69, 9.17) is 16.3 Å². The number of carbonyl (C=O) groups is 2. The Balaban J connectivity index is 1.16. The van der Waals surface area contributed by atoms with Crippen LogP contribution in [0.3, 0.4) is 0 Å². The molecule has 9 heteroatoms. The van der Waals surface area contributed by atoms with Crippen molar-refractivity contribution in [1.29, 1.82) is 0 Å². The van der Waals surface area contributed by atoms with Crippen molar-refractivity contribution in [2.45, 2.75) is 32.2 Å². The van der Waals surface area contributed by atoms with Gasteiger partial charge in [-0.1, -0.05) is 29.8 Å². The zero-order valence-electron chi connectivity index (χ0n) is 20.3. The molecule has 1 unspecified atom stereocenters. The summed E-state index contributed by atoms with van der Waals surface area (Å²) in [5, 5.41) is 14.5. The summed E-state index contributed by atoms with van der Waals surface area (Å²) in [6, 6.07) is 19.3. The Labute approximate surface area is 219 Å². The molecule has 1 heterocycles. The fraction of sp³-hybridized carbons (Fsp3) is 0.286. The number of nitrogens with one attached hydrogen (secondary N) is 1. The van der Waals surface area contributed by atoms with Gasteiger partial charge in [-0.15, -0.1) is 0 Å². The second-order valence-electron chi connectivity index (χ2n) is 9.68. The highest BCUT2D eigenvalue weighted by molar-refractivity contribution is 6.31. The predicted molar refractivity (Wildman–Crippen MR) is 139 cm³/mol.